The molecule has 0 spiro atoms. The average molecular weight is 329 g/mol. The number of fused-ring (bicyclic) bond motifs is 1. The topological polar surface area (TPSA) is 55.1 Å². The first-order valence-corrected chi connectivity index (χ1v) is 7.82. The molecule has 0 radical (unpaired) electrons. The third kappa shape index (κ3) is 2.94. The van der Waals surface area contributed by atoms with E-state index in [1.54, 1.807) is 10.6 Å². The van der Waals surface area contributed by atoms with Gasteiger partial charge >= 0.3 is 0 Å². The number of phenols is 1. The van der Waals surface area contributed by atoms with Crippen LogP contribution >= 0.6 is 11.6 Å². The first-order chi connectivity index (χ1) is 11.0. The molecule has 3 rings (SSSR count). The fourth-order valence-electron chi connectivity index (χ4n) is 2.62. The third-order valence-corrected chi connectivity index (χ3v) is 4.14. The van der Waals surface area contributed by atoms with Crippen molar-refractivity contribution in [2.45, 2.75) is 26.3 Å². The van der Waals surface area contributed by atoms with Crippen molar-refractivity contribution in [1.82, 2.24) is 9.55 Å². The zero-order valence-corrected chi connectivity index (χ0v) is 13.7. The highest BCUT2D eigenvalue weighted by atomic mass is 35.5. The van der Waals surface area contributed by atoms with Crippen molar-refractivity contribution in [3.8, 4) is 5.75 Å². The van der Waals surface area contributed by atoms with Gasteiger partial charge in [0.2, 0.25) is 0 Å². The summed E-state index contributed by atoms with van der Waals surface area (Å²) in [6.07, 6.45) is 0. The molecule has 118 valence electrons. The van der Waals surface area contributed by atoms with E-state index in [4.69, 9.17) is 11.6 Å². The van der Waals surface area contributed by atoms with Crippen molar-refractivity contribution >= 4 is 22.5 Å². The molecule has 1 heterocycles. The number of nitrogens with zero attached hydrogens (tertiary/aromatic N) is 2. The van der Waals surface area contributed by atoms with E-state index in [1.165, 1.54) is 12.1 Å². The molecule has 0 saturated carbocycles. The van der Waals surface area contributed by atoms with E-state index in [2.05, 4.69) is 4.98 Å². The summed E-state index contributed by atoms with van der Waals surface area (Å²) in [6.45, 7) is 4.34. The second kappa shape index (κ2) is 6.05. The lowest BCUT2D eigenvalue weighted by Crippen LogP contribution is -2.26. The molecule has 23 heavy (non-hydrogen) atoms. The molecule has 0 fully saturated rings. The third-order valence-electron chi connectivity index (χ3n) is 3.77. The number of benzene rings is 2. The maximum absolute atomic E-state index is 12.9. The second-order valence-corrected chi connectivity index (χ2v) is 6.22. The Hall–Kier alpha value is -2.33. The summed E-state index contributed by atoms with van der Waals surface area (Å²) < 4.78 is 1.66. The number of aromatic hydroxyl groups is 1. The molecule has 4 nitrogen and oxygen atoms in total. The van der Waals surface area contributed by atoms with E-state index in [1.807, 2.05) is 38.1 Å². The van der Waals surface area contributed by atoms with Gasteiger partial charge in [0.15, 0.2) is 0 Å². The van der Waals surface area contributed by atoms with E-state index in [0.29, 0.717) is 28.3 Å². The van der Waals surface area contributed by atoms with Gasteiger partial charge < -0.3 is 5.11 Å². The minimum atomic E-state index is -0.126. The summed E-state index contributed by atoms with van der Waals surface area (Å²) in [5, 5.41) is 10.7. The van der Waals surface area contributed by atoms with E-state index in [-0.39, 0.29) is 17.2 Å². The highest BCUT2D eigenvalue weighted by Crippen LogP contribution is 2.21. The Balaban J connectivity index is 2.24. The standard InChI is InChI=1S/C18H17ClN2O2/c1-11(2)17-20-16-9-13(22)7-8-14(16)18(23)21(17)10-12-5-3-4-6-15(12)19/h3-9,11,22H,10H2,1-2H3. The SMILES string of the molecule is CC(C)c1nc2cc(O)ccc2c(=O)n1Cc1ccccc1Cl. The molecule has 0 amide bonds. The quantitative estimate of drug-likeness (QED) is 0.792. The van der Waals surface area contributed by atoms with Crippen LogP contribution in [0.25, 0.3) is 10.9 Å². The van der Waals surface area contributed by atoms with Gasteiger partial charge in [-0.1, -0.05) is 43.6 Å². The van der Waals surface area contributed by atoms with Gasteiger partial charge in [-0.25, -0.2) is 4.98 Å². The fourth-order valence-corrected chi connectivity index (χ4v) is 2.81. The molecule has 0 aliphatic rings. The number of phenolic OH excluding ortho intramolecular Hbond substituents is 1. The molecule has 5 heteroatoms. The van der Waals surface area contributed by atoms with Gasteiger partial charge in [0.05, 0.1) is 17.4 Å². The molecular weight excluding hydrogens is 312 g/mol. The average Bonchev–Trinajstić information content (AvgIpc) is 2.51. The van der Waals surface area contributed by atoms with Gasteiger partial charge in [-0.05, 0) is 23.8 Å². The van der Waals surface area contributed by atoms with Crippen LogP contribution in [-0.4, -0.2) is 14.7 Å². The molecular formula is C18H17ClN2O2. The molecule has 1 aromatic heterocycles. The van der Waals surface area contributed by atoms with Crippen LogP contribution < -0.4 is 5.56 Å². The first kappa shape index (κ1) is 15.6. The van der Waals surface area contributed by atoms with Crippen LogP contribution in [0.5, 0.6) is 5.75 Å². The number of rotatable bonds is 3. The number of hydrogen-bond acceptors (Lipinski definition) is 3. The zero-order chi connectivity index (χ0) is 16.6. The minimum Gasteiger partial charge on any atom is -0.508 e. The molecule has 0 aliphatic carbocycles. The Bertz CT molecular complexity index is 932. The molecule has 0 aliphatic heterocycles. The molecule has 0 unspecified atom stereocenters. The second-order valence-electron chi connectivity index (χ2n) is 5.81. The maximum Gasteiger partial charge on any atom is 0.261 e. The summed E-state index contributed by atoms with van der Waals surface area (Å²) in [7, 11) is 0. The Morgan fingerprint density at radius 3 is 2.65 bits per heavy atom. The monoisotopic (exact) mass is 328 g/mol. The Labute approximate surface area is 139 Å². The lowest BCUT2D eigenvalue weighted by Gasteiger charge is -2.16. The van der Waals surface area contributed by atoms with E-state index >= 15 is 0 Å². The Morgan fingerprint density at radius 1 is 1.22 bits per heavy atom. The van der Waals surface area contributed by atoms with Crippen molar-refractivity contribution in [1.29, 1.82) is 0 Å². The summed E-state index contributed by atoms with van der Waals surface area (Å²) in [6, 6.07) is 12.1. The van der Waals surface area contributed by atoms with E-state index in [9.17, 15) is 9.90 Å². The molecule has 0 saturated heterocycles. The van der Waals surface area contributed by atoms with Crippen LogP contribution in [0.15, 0.2) is 47.3 Å². The van der Waals surface area contributed by atoms with Crippen molar-refractivity contribution < 1.29 is 5.11 Å². The fraction of sp³-hybridized carbons (Fsp3) is 0.222. The molecule has 2 aromatic carbocycles. The van der Waals surface area contributed by atoms with Gasteiger partial charge in [-0.3, -0.25) is 9.36 Å². The smallest absolute Gasteiger partial charge is 0.261 e. The van der Waals surface area contributed by atoms with Gasteiger partial charge in [-0.15, -0.1) is 0 Å². The zero-order valence-electron chi connectivity index (χ0n) is 13.0. The van der Waals surface area contributed by atoms with E-state index in [0.717, 1.165) is 5.56 Å². The summed E-state index contributed by atoms with van der Waals surface area (Å²) in [5.74, 6) is 0.841. The van der Waals surface area contributed by atoms with Crippen LogP contribution in [0.1, 0.15) is 31.2 Å². The largest absolute Gasteiger partial charge is 0.508 e. The first-order valence-electron chi connectivity index (χ1n) is 7.44. The van der Waals surface area contributed by atoms with Crippen LogP contribution in [0, 0.1) is 0 Å². The van der Waals surface area contributed by atoms with Crippen molar-refractivity contribution in [3.63, 3.8) is 0 Å². The van der Waals surface area contributed by atoms with Crippen molar-refractivity contribution in [3.05, 3.63) is 69.2 Å². The normalized spacial score (nSPS) is 11.3. The molecule has 0 atom stereocenters. The Kier molecular flexibility index (Phi) is 4.09. The Morgan fingerprint density at radius 2 is 1.96 bits per heavy atom. The molecule has 0 bridgehead atoms. The van der Waals surface area contributed by atoms with Gasteiger partial charge in [0.1, 0.15) is 11.6 Å². The molecule has 3 aromatic rings. The minimum absolute atomic E-state index is 0.0666. The predicted molar refractivity (Wildman–Crippen MR) is 92.3 cm³/mol. The summed E-state index contributed by atoms with van der Waals surface area (Å²) in [5.41, 5.74) is 1.26. The lowest BCUT2D eigenvalue weighted by molar-refractivity contribution is 0.476. The van der Waals surface area contributed by atoms with Crippen molar-refractivity contribution in [2.75, 3.05) is 0 Å². The van der Waals surface area contributed by atoms with Gasteiger partial charge in [-0.2, -0.15) is 0 Å². The lowest BCUT2D eigenvalue weighted by atomic mass is 10.1. The van der Waals surface area contributed by atoms with Crippen LogP contribution in [0.2, 0.25) is 5.02 Å². The van der Waals surface area contributed by atoms with Gasteiger partial charge in [0.25, 0.3) is 5.56 Å². The highest BCUT2D eigenvalue weighted by Gasteiger charge is 2.15. The predicted octanol–water partition coefficient (Wildman–Crippen LogP) is 3.93. The number of halogens is 1. The summed E-state index contributed by atoms with van der Waals surface area (Å²) in [4.78, 5) is 17.5. The number of aromatic nitrogens is 2. The highest BCUT2D eigenvalue weighted by molar-refractivity contribution is 6.31. The van der Waals surface area contributed by atoms with Crippen LogP contribution in [0.3, 0.4) is 0 Å². The van der Waals surface area contributed by atoms with Crippen molar-refractivity contribution in [2.24, 2.45) is 0 Å². The van der Waals surface area contributed by atoms with Gasteiger partial charge in [0, 0.05) is 17.0 Å². The van der Waals surface area contributed by atoms with Crippen LogP contribution in [-0.2, 0) is 6.54 Å². The molecule has 1 N–H and O–H groups in total. The summed E-state index contributed by atoms with van der Waals surface area (Å²) >= 11 is 6.23. The number of hydrogen-bond donors (Lipinski definition) is 1. The van der Waals surface area contributed by atoms with E-state index < -0.39 is 0 Å². The van der Waals surface area contributed by atoms with Crippen LogP contribution in [0.4, 0.5) is 0 Å². The maximum atomic E-state index is 12.9.